The standard InChI is InChI=1S/C24H27F2N3O4S/c1-14(23(2,25)26)33-20-7-6-17(34(3,31)32)10-18(20)21(30)29-12-16-11-24(16,13-29)22-27-9-8-19(28-22)15-4-5-15/h6-10,14-16H,4-5,11-13H2,1-3H3. The molecule has 2 heterocycles. The third kappa shape index (κ3) is 4.16. The summed E-state index contributed by atoms with van der Waals surface area (Å²) < 4.78 is 57.2. The Hall–Kier alpha value is -2.62. The number of benzene rings is 1. The molecule has 1 aromatic carbocycles. The lowest BCUT2D eigenvalue weighted by Gasteiger charge is -2.25. The fraction of sp³-hybridized carbons (Fsp3) is 0.542. The van der Waals surface area contributed by atoms with Gasteiger partial charge in [-0.25, -0.2) is 27.2 Å². The van der Waals surface area contributed by atoms with Crippen LogP contribution in [0, 0.1) is 5.92 Å². The van der Waals surface area contributed by atoms with E-state index in [2.05, 4.69) is 4.98 Å². The molecule has 3 aliphatic rings. The maximum Gasteiger partial charge on any atom is 0.281 e. The van der Waals surface area contributed by atoms with Crippen molar-refractivity contribution in [1.82, 2.24) is 14.9 Å². The minimum absolute atomic E-state index is 0.0388. The fourth-order valence-corrected chi connectivity index (χ4v) is 5.32. The highest BCUT2D eigenvalue weighted by Crippen LogP contribution is 2.58. The molecule has 3 fully saturated rings. The molecule has 1 amide bonds. The summed E-state index contributed by atoms with van der Waals surface area (Å²) in [6.45, 7) is 2.81. The highest BCUT2D eigenvalue weighted by atomic mass is 32.2. The number of rotatable bonds is 7. The van der Waals surface area contributed by atoms with Crippen molar-refractivity contribution >= 4 is 15.7 Å². The molecule has 5 rings (SSSR count). The summed E-state index contributed by atoms with van der Waals surface area (Å²) >= 11 is 0. The Bertz CT molecular complexity index is 1260. The fourth-order valence-electron chi connectivity index (χ4n) is 4.68. The SMILES string of the molecule is CC(Oc1ccc(S(C)(=O)=O)cc1C(=O)N1CC2CC2(c2nccc(C3CC3)n2)C1)C(C)(F)F. The van der Waals surface area contributed by atoms with Gasteiger partial charge in [0.25, 0.3) is 11.8 Å². The molecule has 182 valence electrons. The number of likely N-dealkylation sites (tertiary alicyclic amines) is 1. The highest BCUT2D eigenvalue weighted by Gasteiger charge is 2.64. The minimum atomic E-state index is -3.61. The molecule has 1 saturated heterocycles. The van der Waals surface area contributed by atoms with Gasteiger partial charge in [0, 0.05) is 44.1 Å². The molecule has 1 aromatic heterocycles. The highest BCUT2D eigenvalue weighted by molar-refractivity contribution is 7.90. The summed E-state index contributed by atoms with van der Waals surface area (Å²) in [7, 11) is -3.61. The van der Waals surface area contributed by atoms with Crippen LogP contribution in [-0.4, -0.2) is 60.6 Å². The number of amides is 1. The second kappa shape index (κ2) is 7.69. The van der Waals surface area contributed by atoms with Crippen LogP contribution in [0.15, 0.2) is 35.4 Å². The number of ether oxygens (including phenoxy) is 1. The van der Waals surface area contributed by atoms with Crippen molar-refractivity contribution in [2.75, 3.05) is 19.3 Å². The first-order valence-corrected chi connectivity index (χ1v) is 13.3. The zero-order valence-corrected chi connectivity index (χ0v) is 20.1. The zero-order chi connectivity index (χ0) is 24.5. The molecular weight excluding hydrogens is 464 g/mol. The number of carbonyl (C=O) groups excluding carboxylic acids is 1. The molecule has 1 aliphatic heterocycles. The van der Waals surface area contributed by atoms with Gasteiger partial charge in [0.05, 0.1) is 15.9 Å². The first-order valence-electron chi connectivity index (χ1n) is 11.4. The number of fused-ring (bicyclic) bond motifs is 1. The van der Waals surface area contributed by atoms with Crippen molar-refractivity contribution in [1.29, 1.82) is 0 Å². The van der Waals surface area contributed by atoms with Crippen LogP contribution in [0.5, 0.6) is 5.75 Å². The Balaban J connectivity index is 1.43. The monoisotopic (exact) mass is 491 g/mol. The van der Waals surface area contributed by atoms with Crippen LogP contribution in [0.2, 0.25) is 0 Å². The van der Waals surface area contributed by atoms with Gasteiger partial charge in [-0.2, -0.15) is 0 Å². The normalized spacial score (nSPS) is 25.1. The Morgan fingerprint density at radius 1 is 1.29 bits per heavy atom. The van der Waals surface area contributed by atoms with Gasteiger partial charge in [-0.15, -0.1) is 0 Å². The Kier molecular flexibility index (Phi) is 5.24. The molecule has 2 aliphatic carbocycles. The molecular formula is C24H27F2N3O4S. The van der Waals surface area contributed by atoms with E-state index in [1.807, 2.05) is 6.07 Å². The van der Waals surface area contributed by atoms with Crippen molar-refractivity contribution in [2.24, 2.45) is 5.92 Å². The second-order valence-corrected chi connectivity index (χ2v) is 12.0. The molecule has 0 bridgehead atoms. The summed E-state index contributed by atoms with van der Waals surface area (Å²) in [5, 5.41) is 0. The van der Waals surface area contributed by atoms with Gasteiger partial charge in [0.15, 0.2) is 15.9 Å². The lowest BCUT2D eigenvalue weighted by molar-refractivity contribution is -0.0720. The number of hydrogen-bond acceptors (Lipinski definition) is 6. The molecule has 0 radical (unpaired) electrons. The number of alkyl halides is 2. The molecule has 10 heteroatoms. The topological polar surface area (TPSA) is 89.5 Å². The van der Waals surface area contributed by atoms with Crippen LogP contribution in [0.1, 0.15) is 60.9 Å². The van der Waals surface area contributed by atoms with Crippen LogP contribution in [0.4, 0.5) is 8.78 Å². The molecule has 34 heavy (non-hydrogen) atoms. The number of carbonyl (C=O) groups is 1. The Morgan fingerprint density at radius 3 is 2.68 bits per heavy atom. The predicted octanol–water partition coefficient (Wildman–Crippen LogP) is 3.59. The smallest absolute Gasteiger partial charge is 0.281 e. The van der Waals surface area contributed by atoms with Gasteiger partial charge in [-0.3, -0.25) is 4.79 Å². The van der Waals surface area contributed by atoms with E-state index < -0.39 is 27.8 Å². The minimum Gasteiger partial charge on any atom is -0.484 e. The Morgan fingerprint density at radius 2 is 2.03 bits per heavy atom. The number of sulfone groups is 1. The van der Waals surface area contributed by atoms with Crippen LogP contribution in [-0.2, 0) is 15.3 Å². The van der Waals surface area contributed by atoms with E-state index in [1.54, 1.807) is 11.1 Å². The molecule has 3 atom stereocenters. The maximum atomic E-state index is 13.8. The molecule has 2 saturated carbocycles. The van der Waals surface area contributed by atoms with E-state index in [0.29, 0.717) is 19.0 Å². The predicted molar refractivity (Wildman–Crippen MR) is 120 cm³/mol. The van der Waals surface area contributed by atoms with E-state index in [9.17, 15) is 22.0 Å². The quantitative estimate of drug-likeness (QED) is 0.588. The van der Waals surface area contributed by atoms with E-state index in [4.69, 9.17) is 9.72 Å². The van der Waals surface area contributed by atoms with Gasteiger partial charge >= 0.3 is 0 Å². The van der Waals surface area contributed by atoms with E-state index in [-0.39, 0.29) is 27.5 Å². The summed E-state index contributed by atoms with van der Waals surface area (Å²) in [4.78, 5) is 24.4. The average Bonchev–Trinajstić information content (AvgIpc) is 3.70. The summed E-state index contributed by atoms with van der Waals surface area (Å²) in [6, 6.07) is 5.70. The Labute approximate surface area is 197 Å². The number of piperidine rings is 1. The van der Waals surface area contributed by atoms with Crippen molar-refractivity contribution in [3.05, 3.63) is 47.5 Å². The molecule has 0 N–H and O–H groups in total. The van der Waals surface area contributed by atoms with Crippen molar-refractivity contribution < 1.29 is 26.7 Å². The largest absolute Gasteiger partial charge is 0.484 e. The summed E-state index contributed by atoms with van der Waals surface area (Å²) in [5.41, 5.74) is 0.698. The van der Waals surface area contributed by atoms with Crippen molar-refractivity contribution in [2.45, 2.75) is 61.4 Å². The third-order valence-corrected chi connectivity index (χ3v) is 8.29. The summed E-state index contributed by atoms with van der Waals surface area (Å²) in [5.74, 6) is -2.19. The van der Waals surface area contributed by atoms with Crippen LogP contribution < -0.4 is 4.74 Å². The average molecular weight is 492 g/mol. The van der Waals surface area contributed by atoms with E-state index in [0.717, 1.165) is 44.0 Å². The van der Waals surface area contributed by atoms with Crippen LogP contribution in [0.3, 0.4) is 0 Å². The first kappa shape index (κ1) is 23.1. The second-order valence-electron chi connectivity index (χ2n) is 9.97. The van der Waals surface area contributed by atoms with Gasteiger partial charge in [0.2, 0.25) is 0 Å². The maximum absolute atomic E-state index is 13.8. The lowest BCUT2D eigenvalue weighted by atomic mass is 10.0. The molecule has 7 nitrogen and oxygen atoms in total. The number of nitrogens with zero attached hydrogens (tertiary/aromatic N) is 3. The van der Waals surface area contributed by atoms with Gasteiger partial charge < -0.3 is 9.64 Å². The van der Waals surface area contributed by atoms with E-state index >= 15 is 0 Å². The van der Waals surface area contributed by atoms with Crippen LogP contribution in [0.25, 0.3) is 0 Å². The number of halogens is 2. The summed E-state index contributed by atoms with van der Waals surface area (Å²) in [6.07, 6.45) is 4.46. The van der Waals surface area contributed by atoms with Gasteiger partial charge in [-0.05, 0) is 56.4 Å². The lowest BCUT2D eigenvalue weighted by Crippen LogP contribution is -2.35. The molecule has 3 unspecified atom stereocenters. The molecule has 2 aromatic rings. The van der Waals surface area contributed by atoms with Crippen molar-refractivity contribution in [3.8, 4) is 5.75 Å². The van der Waals surface area contributed by atoms with E-state index in [1.165, 1.54) is 25.1 Å². The van der Waals surface area contributed by atoms with Crippen molar-refractivity contribution in [3.63, 3.8) is 0 Å². The number of aromatic nitrogens is 2. The van der Waals surface area contributed by atoms with Gasteiger partial charge in [-0.1, -0.05) is 0 Å². The zero-order valence-electron chi connectivity index (χ0n) is 19.3. The van der Waals surface area contributed by atoms with Gasteiger partial charge in [0.1, 0.15) is 11.6 Å². The first-order chi connectivity index (χ1) is 15.9. The molecule has 0 spiro atoms. The van der Waals surface area contributed by atoms with Crippen LogP contribution >= 0.6 is 0 Å². The third-order valence-electron chi connectivity index (χ3n) is 7.18. The number of hydrogen-bond donors (Lipinski definition) is 0.